The third-order valence-electron chi connectivity index (χ3n) is 4.61. The quantitative estimate of drug-likeness (QED) is 0.470. The first-order valence-corrected chi connectivity index (χ1v) is 9.33. The summed E-state index contributed by atoms with van der Waals surface area (Å²) in [7, 11) is 1.62. The lowest BCUT2D eigenvalue weighted by Gasteiger charge is -2.09. The highest BCUT2D eigenvalue weighted by molar-refractivity contribution is 6.00. The van der Waals surface area contributed by atoms with Crippen molar-refractivity contribution in [3.05, 3.63) is 95.1 Å². The van der Waals surface area contributed by atoms with Crippen LogP contribution < -0.4 is 14.9 Å². The van der Waals surface area contributed by atoms with Crippen LogP contribution in [0.4, 0.5) is 0 Å². The van der Waals surface area contributed by atoms with Crippen molar-refractivity contribution in [2.75, 3.05) is 7.11 Å². The van der Waals surface area contributed by atoms with Crippen molar-refractivity contribution in [1.82, 2.24) is 5.43 Å². The third kappa shape index (κ3) is 5.45. The lowest BCUT2D eigenvalue weighted by atomic mass is 10.1. The zero-order valence-electron chi connectivity index (χ0n) is 16.8. The third-order valence-corrected chi connectivity index (χ3v) is 4.61. The first-order chi connectivity index (χ1) is 14.1. The molecule has 5 heteroatoms. The number of ether oxygens (including phenoxy) is 2. The van der Waals surface area contributed by atoms with Crippen molar-refractivity contribution in [2.24, 2.45) is 5.10 Å². The number of carbonyl (C=O) groups is 1. The first-order valence-electron chi connectivity index (χ1n) is 9.33. The molecule has 0 aliphatic carbocycles. The van der Waals surface area contributed by atoms with E-state index in [1.54, 1.807) is 31.4 Å². The number of nitrogens with one attached hydrogen (secondary N) is 1. The molecule has 0 spiro atoms. The van der Waals surface area contributed by atoms with Gasteiger partial charge in [-0.2, -0.15) is 5.10 Å². The highest BCUT2D eigenvalue weighted by Gasteiger charge is 2.06. The lowest BCUT2D eigenvalue weighted by molar-refractivity contribution is 0.0955. The molecule has 0 aliphatic rings. The van der Waals surface area contributed by atoms with E-state index in [0.717, 1.165) is 16.9 Å². The Morgan fingerprint density at radius 2 is 1.52 bits per heavy atom. The maximum absolute atomic E-state index is 12.3. The predicted molar refractivity (Wildman–Crippen MR) is 115 cm³/mol. The lowest BCUT2D eigenvalue weighted by Crippen LogP contribution is -2.19. The molecule has 3 aromatic rings. The molecule has 1 amide bonds. The molecule has 0 aromatic heterocycles. The highest BCUT2D eigenvalue weighted by atomic mass is 16.5. The van der Waals surface area contributed by atoms with Crippen LogP contribution in [0, 0.1) is 6.92 Å². The Morgan fingerprint density at radius 1 is 0.897 bits per heavy atom. The van der Waals surface area contributed by atoms with E-state index in [9.17, 15) is 4.79 Å². The summed E-state index contributed by atoms with van der Waals surface area (Å²) in [4.78, 5) is 12.3. The van der Waals surface area contributed by atoms with E-state index in [2.05, 4.69) is 23.5 Å². The number of nitrogens with zero attached hydrogens (tertiary/aromatic N) is 1. The van der Waals surface area contributed by atoms with Crippen LogP contribution in [0.2, 0.25) is 0 Å². The molecular weight excluding hydrogens is 364 g/mol. The van der Waals surface area contributed by atoms with Crippen LogP contribution in [0.15, 0.2) is 77.9 Å². The molecule has 29 heavy (non-hydrogen) atoms. The number of rotatable bonds is 7. The number of hydrazone groups is 1. The predicted octanol–water partition coefficient (Wildman–Crippen LogP) is 4.74. The fourth-order valence-corrected chi connectivity index (χ4v) is 2.73. The Morgan fingerprint density at radius 3 is 2.17 bits per heavy atom. The summed E-state index contributed by atoms with van der Waals surface area (Å²) in [6.07, 6.45) is 0. The maximum Gasteiger partial charge on any atom is 0.271 e. The second-order valence-electron chi connectivity index (χ2n) is 6.61. The second kappa shape index (κ2) is 9.55. The van der Waals surface area contributed by atoms with E-state index in [1.807, 2.05) is 49.4 Å². The van der Waals surface area contributed by atoms with Crippen LogP contribution in [0.3, 0.4) is 0 Å². The molecule has 0 fully saturated rings. The van der Waals surface area contributed by atoms with Gasteiger partial charge in [0, 0.05) is 5.56 Å². The van der Waals surface area contributed by atoms with Gasteiger partial charge < -0.3 is 9.47 Å². The van der Waals surface area contributed by atoms with Gasteiger partial charge in [0.05, 0.1) is 12.8 Å². The van der Waals surface area contributed by atoms with Crippen molar-refractivity contribution >= 4 is 11.6 Å². The van der Waals surface area contributed by atoms with E-state index >= 15 is 0 Å². The molecule has 5 nitrogen and oxygen atoms in total. The van der Waals surface area contributed by atoms with E-state index < -0.39 is 0 Å². The summed E-state index contributed by atoms with van der Waals surface area (Å²) >= 11 is 0. The maximum atomic E-state index is 12.3. The summed E-state index contributed by atoms with van der Waals surface area (Å²) in [5.74, 6) is 1.21. The standard InChI is InChI=1S/C24H24N2O3/c1-17-6-4-5-7-21(17)16-29-23-14-10-20(11-15-23)24(27)26-25-18(2)19-8-12-22(28-3)13-9-19/h4-15H,16H2,1-3H3,(H,26,27)/b25-18+. The largest absolute Gasteiger partial charge is 0.497 e. The molecule has 0 bridgehead atoms. The minimum absolute atomic E-state index is 0.275. The van der Waals surface area contributed by atoms with Gasteiger partial charge in [-0.3, -0.25) is 4.79 Å². The van der Waals surface area contributed by atoms with Gasteiger partial charge in [-0.15, -0.1) is 0 Å². The Kier molecular flexibility index (Phi) is 6.63. The second-order valence-corrected chi connectivity index (χ2v) is 6.61. The van der Waals surface area contributed by atoms with Gasteiger partial charge in [0.2, 0.25) is 0 Å². The Bertz CT molecular complexity index is 993. The summed E-state index contributed by atoms with van der Waals surface area (Å²) in [5.41, 5.74) is 7.04. The van der Waals surface area contributed by atoms with Crippen molar-refractivity contribution < 1.29 is 14.3 Å². The van der Waals surface area contributed by atoms with Crippen molar-refractivity contribution in [3.63, 3.8) is 0 Å². The first kappa shape index (κ1) is 20.1. The molecule has 0 radical (unpaired) electrons. The van der Waals surface area contributed by atoms with Gasteiger partial charge in [-0.25, -0.2) is 5.43 Å². The highest BCUT2D eigenvalue weighted by Crippen LogP contribution is 2.16. The van der Waals surface area contributed by atoms with Gasteiger partial charge in [-0.1, -0.05) is 24.3 Å². The number of hydrogen-bond donors (Lipinski definition) is 1. The average Bonchev–Trinajstić information content (AvgIpc) is 2.77. The number of amides is 1. The number of aryl methyl sites for hydroxylation is 1. The minimum atomic E-state index is -0.275. The molecule has 0 saturated heterocycles. The number of carbonyl (C=O) groups excluding carboxylic acids is 1. The molecule has 0 aliphatic heterocycles. The Hall–Kier alpha value is -3.60. The topological polar surface area (TPSA) is 59.9 Å². The molecule has 3 aromatic carbocycles. The number of benzene rings is 3. The zero-order chi connectivity index (χ0) is 20.6. The molecule has 0 unspecified atom stereocenters. The van der Waals surface area contributed by atoms with Crippen LogP contribution in [0.25, 0.3) is 0 Å². The summed E-state index contributed by atoms with van der Waals surface area (Å²) in [5, 5.41) is 4.18. The fourth-order valence-electron chi connectivity index (χ4n) is 2.73. The van der Waals surface area contributed by atoms with Crippen LogP contribution >= 0.6 is 0 Å². The van der Waals surface area contributed by atoms with Gasteiger partial charge >= 0.3 is 0 Å². The van der Waals surface area contributed by atoms with E-state index in [1.165, 1.54) is 5.56 Å². The summed E-state index contributed by atoms with van der Waals surface area (Å²) in [6, 6.07) is 22.6. The van der Waals surface area contributed by atoms with E-state index in [0.29, 0.717) is 23.6 Å². The SMILES string of the molecule is COc1ccc(/C(C)=N/NC(=O)c2ccc(OCc3ccccc3C)cc2)cc1. The average molecular weight is 388 g/mol. The van der Waals surface area contributed by atoms with Gasteiger partial charge in [0.25, 0.3) is 5.91 Å². The summed E-state index contributed by atoms with van der Waals surface area (Å²) in [6.45, 7) is 4.38. The van der Waals surface area contributed by atoms with Crippen molar-refractivity contribution in [1.29, 1.82) is 0 Å². The Labute approximate surface area is 171 Å². The van der Waals surface area contributed by atoms with Crippen LogP contribution in [0.1, 0.15) is 34.0 Å². The Balaban J connectivity index is 1.57. The molecule has 3 rings (SSSR count). The van der Waals surface area contributed by atoms with Crippen LogP contribution in [0.5, 0.6) is 11.5 Å². The molecule has 0 heterocycles. The van der Waals surface area contributed by atoms with Gasteiger partial charge in [-0.05, 0) is 79.1 Å². The molecule has 0 atom stereocenters. The van der Waals surface area contributed by atoms with E-state index in [-0.39, 0.29) is 5.91 Å². The van der Waals surface area contributed by atoms with Gasteiger partial charge in [0.1, 0.15) is 18.1 Å². The monoisotopic (exact) mass is 388 g/mol. The van der Waals surface area contributed by atoms with E-state index in [4.69, 9.17) is 9.47 Å². The van der Waals surface area contributed by atoms with Crippen molar-refractivity contribution in [2.45, 2.75) is 20.5 Å². The van der Waals surface area contributed by atoms with Crippen molar-refractivity contribution in [3.8, 4) is 11.5 Å². The normalized spacial score (nSPS) is 11.1. The van der Waals surface area contributed by atoms with Gasteiger partial charge in [0.15, 0.2) is 0 Å². The molecular formula is C24H24N2O3. The molecule has 0 saturated carbocycles. The summed E-state index contributed by atoms with van der Waals surface area (Å²) < 4.78 is 11.0. The van der Waals surface area contributed by atoms with Crippen LogP contribution in [-0.2, 0) is 6.61 Å². The van der Waals surface area contributed by atoms with Crippen LogP contribution in [-0.4, -0.2) is 18.7 Å². The molecule has 148 valence electrons. The number of hydrogen-bond acceptors (Lipinski definition) is 4. The number of methoxy groups -OCH3 is 1. The fraction of sp³-hybridized carbons (Fsp3) is 0.167. The molecule has 1 N–H and O–H groups in total. The zero-order valence-corrected chi connectivity index (χ0v) is 16.8. The minimum Gasteiger partial charge on any atom is -0.497 e. The smallest absolute Gasteiger partial charge is 0.271 e.